The maximum atomic E-state index is 10.9. The van der Waals surface area contributed by atoms with Crippen LogP contribution < -0.4 is 0 Å². The first kappa shape index (κ1) is 11.7. The van der Waals surface area contributed by atoms with Crippen LogP contribution in [0, 0.1) is 0 Å². The maximum Gasteiger partial charge on any atom is 0.335 e. The zero-order chi connectivity index (χ0) is 12.5. The first-order valence-corrected chi connectivity index (χ1v) is 6.41. The Labute approximate surface area is 106 Å². The van der Waals surface area contributed by atoms with E-state index in [1.165, 1.54) is 0 Å². The summed E-state index contributed by atoms with van der Waals surface area (Å²) in [5, 5.41) is 8.98. The fourth-order valence-electron chi connectivity index (χ4n) is 2.89. The number of carboxylic acid groups (broad SMARTS) is 1. The van der Waals surface area contributed by atoms with Crippen LogP contribution in [0.5, 0.6) is 0 Å². The average Bonchev–Trinajstić information content (AvgIpc) is 2.69. The third-order valence-corrected chi connectivity index (χ3v) is 3.70. The number of hydrogen-bond donors (Lipinski definition) is 1. The SMILES string of the molecule is O=C(O)c1cccc(CN2CC3CCC(C2)O3)c1. The molecule has 3 rings (SSSR count). The fourth-order valence-corrected chi connectivity index (χ4v) is 2.89. The Morgan fingerprint density at radius 3 is 2.72 bits per heavy atom. The molecule has 4 nitrogen and oxygen atoms in total. The molecule has 0 amide bonds. The molecule has 2 unspecified atom stereocenters. The van der Waals surface area contributed by atoms with Gasteiger partial charge in [0.15, 0.2) is 0 Å². The predicted molar refractivity (Wildman–Crippen MR) is 66.6 cm³/mol. The van der Waals surface area contributed by atoms with E-state index in [-0.39, 0.29) is 0 Å². The number of benzene rings is 1. The van der Waals surface area contributed by atoms with E-state index in [1.807, 2.05) is 12.1 Å². The van der Waals surface area contributed by atoms with Crippen molar-refractivity contribution in [2.24, 2.45) is 0 Å². The Hall–Kier alpha value is -1.39. The quantitative estimate of drug-likeness (QED) is 0.884. The summed E-state index contributed by atoms with van der Waals surface area (Å²) in [7, 11) is 0. The van der Waals surface area contributed by atoms with Gasteiger partial charge in [-0.2, -0.15) is 0 Å². The Bertz CT molecular complexity index is 448. The van der Waals surface area contributed by atoms with Gasteiger partial charge in [-0.05, 0) is 30.5 Å². The van der Waals surface area contributed by atoms with Crippen molar-refractivity contribution in [3.8, 4) is 0 Å². The minimum Gasteiger partial charge on any atom is -0.478 e. The number of ether oxygens (including phenoxy) is 1. The predicted octanol–water partition coefficient (Wildman–Crippen LogP) is 1.75. The van der Waals surface area contributed by atoms with Gasteiger partial charge in [0, 0.05) is 19.6 Å². The van der Waals surface area contributed by atoms with E-state index in [1.54, 1.807) is 12.1 Å². The molecule has 2 aliphatic heterocycles. The third kappa shape index (κ3) is 2.40. The molecule has 4 heteroatoms. The molecule has 1 aromatic rings. The number of likely N-dealkylation sites (tertiary alicyclic amines) is 1. The van der Waals surface area contributed by atoms with Gasteiger partial charge < -0.3 is 9.84 Å². The largest absolute Gasteiger partial charge is 0.478 e. The number of fused-ring (bicyclic) bond motifs is 2. The van der Waals surface area contributed by atoms with Crippen molar-refractivity contribution in [3.63, 3.8) is 0 Å². The van der Waals surface area contributed by atoms with Crippen LogP contribution in [0.3, 0.4) is 0 Å². The van der Waals surface area contributed by atoms with Crippen LogP contribution in [0.1, 0.15) is 28.8 Å². The van der Waals surface area contributed by atoms with Crippen LogP contribution >= 0.6 is 0 Å². The van der Waals surface area contributed by atoms with Crippen molar-refractivity contribution in [1.29, 1.82) is 0 Å². The minimum atomic E-state index is -0.862. The molecular formula is C14H17NO3. The molecular weight excluding hydrogens is 230 g/mol. The summed E-state index contributed by atoms with van der Waals surface area (Å²) < 4.78 is 5.79. The molecule has 0 saturated carbocycles. The van der Waals surface area contributed by atoms with Crippen molar-refractivity contribution in [2.45, 2.75) is 31.6 Å². The summed E-state index contributed by atoms with van der Waals surface area (Å²) in [6.07, 6.45) is 3.09. The number of nitrogens with zero attached hydrogens (tertiary/aromatic N) is 1. The highest BCUT2D eigenvalue weighted by atomic mass is 16.5. The van der Waals surface area contributed by atoms with Crippen LogP contribution in [-0.2, 0) is 11.3 Å². The zero-order valence-corrected chi connectivity index (χ0v) is 10.2. The van der Waals surface area contributed by atoms with Crippen molar-refractivity contribution >= 4 is 5.97 Å². The van der Waals surface area contributed by atoms with E-state index in [4.69, 9.17) is 9.84 Å². The first-order chi connectivity index (χ1) is 8.70. The molecule has 1 N–H and O–H groups in total. The average molecular weight is 247 g/mol. The van der Waals surface area contributed by atoms with Gasteiger partial charge in [-0.3, -0.25) is 4.90 Å². The molecule has 0 aromatic heterocycles. The molecule has 18 heavy (non-hydrogen) atoms. The van der Waals surface area contributed by atoms with Gasteiger partial charge in [0.1, 0.15) is 0 Å². The van der Waals surface area contributed by atoms with E-state index in [2.05, 4.69) is 4.90 Å². The summed E-state index contributed by atoms with van der Waals surface area (Å²) in [6.45, 7) is 2.75. The molecule has 2 atom stereocenters. The van der Waals surface area contributed by atoms with Gasteiger partial charge in [0.25, 0.3) is 0 Å². The third-order valence-electron chi connectivity index (χ3n) is 3.70. The van der Waals surface area contributed by atoms with Gasteiger partial charge in [0.05, 0.1) is 17.8 Å². The highest BCUT2D eigenvalue weighted by Gasteiger charge is 2.33. The normalized spacial score (nSPS) is 27.3. The molecule has 2 heterocycles. The number of rotatable bonds is 3. The van der Waals surface area contributed by atoms with Crippen LogP contribution in [0.25, 0.3) is 0 Å². The van der Waals surface area contributed by atoms with E-state index in [9.17, 15) is 4.79 Å². The highest BCUT2D eigenvalue weighted by Crippen LogP contribution is 2.27. The molecule has 96 valence electrons. The maximum absolute atomic E-state index is 10.9. The van der Waals surface area contributed by atoms with E-state index >= 15 is 0 Å². The Kier molecular flexibility index (Phi) is 3.06. The summed E-state index contributed by atoms with van der Waals surface area (Å²) in [6, 6.07) is 7.20. The number of aromatic carboxylic acids is 1. The second kappa shape index (κ2) is 4.71. The number of carbonyl (C=O) groups is 1. The Balaban J connectivity index is 1.69. The van der Waals surface area contributed by atoms with E-state index in [0.717, 1.165) is 38.0 Å². The summed E-state index contributed by atoms with van der Waals surface area (Å²) in [5.41, 5.74) is 1.43. The van der Waals surface area contributed by atoms with E-state index < -0.39 is 5.97 Å². The molecule has 1 aromatic carbocycles. The number of hydrogen-bond acceptors (Lipinski definition) is 3. The molecule has 0 spiro atoms. The van der Waals surface area contributed by atoms with Crippen molar-refractivity contribution in [3.05, 3.63) is 35.4 Å². The zero-order valence-electron chi connectivity index (χ0n) is 10.2. The van der Waals surface area contributed by atoms with Crippen molar-refractivity contribution in [2.75, 3.05) is 13.1 Å². The van der Waals surface area contributed by atoms with Crippen LogP contribution in [0.2, 0.25) is 0 Å². The smallest absolute Gasteiger partial charge is 0.335 e. The van der Waals surface area contributed by atoms with Crippen LogP contribution in [-0.4, -0.2) is 41.3 Å². The first-order valence-electron chi connectivity index (χ1n) is 6.41. The lowest BCUT2D eigenvalue weighted by Crippen LogP contribution is -2.41. The number of carboxylic acids is 1. The molecule has 0 aliphatic carbocycles. The second-order valence-corrected chi connectivity index (χ2v) is 5.16. The van der Waals surface area contributed by atoms with Crippen molar-refractivity contribution in [1.82, 2.24) is 4.90 Å². The second-order valence-electron chi connectivity index (χ2n) is 5.16. The minimum absolute atomic E-state index is 0.365. The molecule has 2 aliphatic rings. The standard InChI is InChI=1S/C14H17NO3/c16-14(17)11-3-1-2-10(6-11)7-15-8-12-4-5-13(9-15)18-12/h1-3,6,12-13H,4-5,7-9H2,(H,16,17). The van der Waals surface area contributed by atoms with Gasteiger partial charge in [0.2, 0.25) is 0 Å². The van der Waals surface area contributed by atoms with Crippen LogP contribution in [0.15, 0.2) is 24.3 Å². The highest BCUT2D eigenvalue weighted by molar-refractivity contribution is 5.87. The Morgan fingerprint density at radius 2 is 2.06 bits per heavy atom. The monoisotopic (exact) mass is 247 g/mol. The summed E-state index contributed by atoms with van der Waals surface area (Å²) in [4.78, 5) is 13.3. The van der Waals surface area contributed by atoms with Gasteiger partial charge in [-0.1, -0.05) is 12.1 Å². The van der Waals surface area contributed by atoms with E-state index in [0.29, 0.717) is 17.8 Å². The molecule has 0 radical (unpaired) electrons. The lowest BCUT2D eigenvalue weighted by Gasteiger charge is -2.32. The topological polar surface area (TPSA) is 49.8 Å². The lowest BCUT2D eigenvalue weighted by atomic mass is 10.1. The number of morpholine rings is 1. The van der Waals surface area contributed by atoms with Gasteiger partial charge in [-0.15, -0.1) is 0 Å². The Morgan fingerprint density at radius 1 is 1.33 bits per heavy atom. The summed E-state index contributed by atoms with van der Waals surface area (Å²) in [5.74, 6) is -0.862. The van der Waals surface area contributed by atoms with Gasteiger partial charge in [-0.25, -0.2) is 4.79 Å². The fraction of sp³-hybridized carbons (Fsp3) is 0.500. The molecule has 2 fully saturated rings. The summed E-state index contributed by atoms with van der Waals surface area (Å²) >= 11 is 0. The molecule has 2 bridgehead atoms. The van der Waals surface area contributed by atoms with Crippen LogP contribution in [0.4, 0.5) is 0 Å². The molecule has 2 saturated heterocycles. The van der Waals surface area contributed by atoms with Crippen molar-refractivity contribution < 1.29 is 14.6 Å². The lowest BCUT2D eigenvalue weighted by molar-refractivity contribution is -0.0410. The van der Waals surface area contributed by atoms with Gasteiger partial charge >= 0.3 is 5.97 Å².